The molecule has 2 N–H and O–H groups in total. The van der Waals surface area contributed by atoms with E-state index in [4.69, 9.17) is 19.2 Å². The summed E-state index contributed by atoms with van der Waals surface area (Å²) in [5, 5.41) is 6.91. The van der Waals surface area contributed by atoms with Crippen LogP contribution in [-0.2, 0) is 16.0 Å². The first-order valence-corrected chi connectivity index (χ1v) is 11.6. The van der Waals surface area contributed by atoms with Gasteiger partial charge >= 0.3 is 0 Å². The zero-order valence-corrected chi connectivity index (χ0v) is 19.6. The lowest BCUT2D eigenvalue weighted by atomic mass is 9.89. The SMILES string of the molecule is CCNC(=NCc1ccc(C)cc1OCCOC)NCC1CCCOC1c1ccccc1. The second kappa shape index (κ2) is 13.1. The molecule has 6 nitrogen and oxygen atoms in total. The fourth-order valence-corrected chi connectivity index (χ4v) is 3.96. The number of nitrogens with one attached hydrogen (secondary N) is 2. The zero-order chi connectivity index (χ0) is 22.6. The van der Waals surface area contributed by atoms with Gasteiger partial charge < -0.3 is 24.8 Å². The second-order valence-electron chi connectivity index (χ2n) is 8.13. The number of hydrogen-bond acceptors (Lipinski definition) is 4. The molecule has 1 saturated heterocycles. The van der Waals surface area contributed by atoms with Gasteiger partial charge in [-0.3, -0.25) is 0 Å². The smallest absolute Gasteiger partial charge is 0.191 e. The van der Waals surface area contributed by atoms with Crippen LogP contribution in [0.25, 0.3) is 0 Å². The zero-order valence-electron chi connectivity index (χ0n) is 19.6. The Balaban J connectivity index is 1.65. The lowest BCUT2D eigenvalue weighted by Gasteiger charge is -2.32. The molecular formula is C26H37N3O3. The van der Waals surface area contributed by atoms with Gasteiger partial charge in [-0.1, -0.05) is 42.5 Å². The molecular weight excluding hydrogens is 402 g/mol. The minimum absolute atomic E-state index is 0.123. The lowest BCUT2D eigenvalue weighted by molar-refractivity contribution is -0.0265. The lowest BCUT2D eigenvalue weighted by Crippen LogP contribution is -2.42. The molecule has 2 unspecified atom stereocenters. The standard InChI is InChI=1S/C26H37N3O3/c1-4-27-26(28-18-22-13-12-20(2)17-24(22)31-16-15-30-3)29-19-23-11-8-14-32-25(23)21-9-6-5-7-10-21/h5-7,9-10,12-13,17,23,25H,4,8,11,14-16,18-19H2,1-3H3,(H2,27,28,29). The maximum atomic E-state index is 6.14. The topological polar surface area (TPSA) is 64.1 Å². The largest absolute Gasteiger partial charge is 0.491 e. The third-order valence-electron chi connectivity index (χ3n) is 5.62. The average molecular weight is 440 g/mol. The molecule has 2 atom stereocenters. The number of nitrogens with zero attached hydrogens (tertiary/aromatic N) is 1. The molecule has 1 heterocycles. The van der Waals surface area contributed by atoms with Crippen molar-refractivity contribution in [2.24, 2.45) is 10.9 Å². The van der Waals surface area contributed by atoms with E-state index >= 15 is 0 Å². The molecule has 32 heavy (non-hydrogen) atoms. The van der Waals surface area contributed by atoms with Gasteiger partial charge in [-0.05, 0) is 43.9 Å². The van der Waals surface area contributed by atoms with Gasteiger partial charge in [0.2, 0.25) is 0 Å². The highest BCUT2D eigenvalue weighted by atomic mass is 16.5. The van der Waals surface area contributed by atoms with E-state index in [2.05, 4.69) is 66.9 Å². The number of benzene rings is 2. The monoisotopic (exact) mass is 439 g/mol. The molecule has 0 aliphatic carbocycles. The van der Waals surface area contributed by atoms with Gasteiger partial charge in [0.05, 0.1) is 19.3 Å². The molecule has 6 heteroatoms. The number of aryl methyl sites for hydroxylation is 1. The summed E-state index contributed by atoms with van der Waals surface area (Å²) in [6.45, 7) is 8.22. The summed E-state index contributed by atoms with van der Waals surface area (Å²) in [4.78, 5) is 4.83. The van der Waals surface area contributed by atoms with Crippen molar-refractivity contribution in [2.45, 2.75) is 39.3 Å². The second-order valence-corrected chi connectivity index (χ2v) is 8.13. The molecule has 1 fully saturated rings. The normalized spacial score (nSPS) is 18.9. The molecule has 3 rings (SSSR count). The molecule has 1 aliphatic rings. The summed E-state index contributed by atoms with van der Waals surface area (Å²) in [7, 11) is 1.68. The highest BCUT2D eigenvalue weighted by Gasteiger charge is 2.27. The number of methoxy groups -OCH3 is 1. The Labute approximate surface area is 192 Å². The Bertz CT molecular complexity index is 841. The third-order valence-corrected chi connectivity index (χ3v) is 5.62. The Kier molecular flexibility index (Phi) is 9.85. The van der Waals surface area contributed by atoms with Gasteiger partial charge in [-0.2, -0.15) is 0 Å². The molecule has 0 amide bonds. The number of guanidine groups is 1. The Hall–Kier alpha value is -2.57. The van der Waals surface area contributed by atoms with Gasteiger partial charge in [-0.15, -0.1) is 0 Å². The molecule has 0 bridgehead atoms. The summed E-state index contributed by atoms with van der Waals surface area (Å²) < 4.78 is 17.2. The van der Waals surface area contributed by atoms with E-state index in [1.54, 1.807) is 7.11 Å². The third kappa shape index (κ3) is 7.24. The van der Waals surface area contributed by atoms with Gasteiger partial charge in [-0.25, -0.2) is 4.99 Å². The molecule has 0 radical (unpaired) electrons. The summed E-state index contributed by atoms with van der Waals surface area (Å²) >= 11 is 0. The fourth-order valence-electron chi connectivity index (χ4n) is 3.96. The summed E-state index contributed by atoms with van der Waals surface area (Å²) in [5.41, 5.74) is 3.48. The molecule has 0 aromatic heterocycles. The number of ether oxygens (including phenoxy) is 3. The van der Waals surface area contributed by atoms with Crippen molar-refractivity contribution in [3.05, 3.63) is 65.2 Å². The Morgan fingerprint density at radius 2 is 1.97 bits per heavy atom. The van der Waals surface area contributed by atoms with Crippen LogP contribution in [0.15, 0.2) is 53.5 Å². The predicted molar refractivity (Wildman–Crippen MR) is 129 cm³/mol. The van der Waals surface area contributed by atoms with Gasteiger partial charge in [0.25, 0.3) is 0 Å². The van der Waals surface area contributed by atoms with Crippen LogP contribution < -0.4 is 15.4 Å². The van der Waals surface area contributed by atoms with E-state index in [0.29, 0.717) is 25.7 Å². The molecule has 0 spiro atoms. The average Bonchev–Trinajstić information content (AvgIpc) is 2.83. The molecule has 174 valence electrons. The van der Waals surface area contributed by atoms with Gasteiger partial charge in [0.1, 0.15) is 12.4 Å². The van der Waals surface area contributed by atoms with Crippen LogP contribution in [-0.4, -0.2) is 46.0 Å². The molecule has 2 aromatic rings. The first kappa shape index (κ1) is 24.1. The number of rotatable bonds is 10. The summed E-state index contributed by atoms with van der Waals surface area (Å²) in [6, 6.07) is 16.8. The summed E-state index contributed by atoms with van der Waals surface area (Å²) in [5.74, 6) is 2.09. The maximum Gasteiger partial charge on any atom is 0.191 e. The minimum Gasteiger partial charge on any atom is -0.491 e. The number of hydrogen-bond donors (Lipinski definition) is 2. The van der Waals surface area contributed by atoms with Crippen LogP contribution in [0.4, 0.5) is 0 Å². The van der Waals surface area contributed by atoms with E-state index < -0.39 is 0 Å². The summed E-state index contributed by atoms with van der Waals surface area (Å²) in [6.07, 6.45) is 2.36. The van der Waals surface area contributed by atoms with E-state index in [1.165, 1.54) is 11.1 Å². The molecule has 2 aromatic carbocycles. The van der Waals surface area contributed by atoms with Crippen molar-refractivity contribution < 1.29 is 14.2 Å². The van der Waals surface area contributed by atoms with Crippen molar-refractivity contribution in [3.63, 3.8) is 0 Å². The first-order chi connectivity index (χ1) is 15.7. The predicted octanol–water partition coefficient (Wildman–Crippen LogP) is 4.24. The van der Waals surface area contributed by atoms with E-state index in [0.717, 1.165) is 49.8 Å². The molecule has 0 saturated carbocycles. The van der Waals surface area contributed by atoms with Gasteiger partial charge in [0.15, 0.2) is 5.96 Å². The highest BCUT2D eigenvalue weighted by Crippen LogP contribution is 2.33. The fraction of sp³-hybridized carbons (Fsp3) is 0.500. The Morgan fingerprint density at radius 1 is 1.12 bits per heavy atom. The van der Waals surface area contributed by atoms with Crippen LogP contribution in [0.1, 0.15) is 42.6 Å². The quantitative estimate of drug-likeness (QED) is 0.329. The first-order valence-electron chi connectivity index (χ1n) is 11.6. The van der Waals surface area contributed by atoms with Crippen molar-refractivity contribution in [2.75, 3.05) is 40.0 Å². The Morgan fingerprint density at radius 3 is 2.75 bits per heavy atom. The van der Waals surface area contributed by atoms with Crippen LogP contribution in [0, 0.1) is 12.8 Å². The van der Waals surface area contributed by atoms with E-state index in [9.17, 15) is 0 Å². The van der Waals surface area contributed by atoms with Gasteiger partial charge in [0, 0.05) is 38.3 Å². The van der Waals surface area contributed by atoms with Crippen LogP contribution in [0.5, 0.6) is 5.75 Å². The van der Waals surface area contributed by atoms with Crippen molar-refractivity contribution >= 4 is 5.96 Å². The minimum atomic E-state index is 0.123. The van der Waals surface area contributed by atoms with E-state index in [1.807, 2.05) is 6.07 Å². The van der Waals surface area contributed by atoms with Crippen molar-refractivity contribution in [1.29, 1.82) is 0 Å². The maximum absolute atomic E-state index is 6.14. The highest BCUT2D eigenvalue weighted by molar-refractivity contribution is 5.79. The van der Waals surface area contributed by atoms with Crippen LogP contribution >= 0.6 is 0 Å². The van der Waals surface area contributed by atoms with Crippen LogP contribution in [0.3, 0.4) is 0 Å². The van der Waals surface area contributed by atoms with Crippen molar-refractivity contribution in [1.82, 2.24) is 10.6 Å². The van der Waals surface area contributed by atoms with Crippen LogP contribution in [0.2, 0.25) is 0 Å². The van der Waals surface area contributed by atoms with Crippen molar-refractivity contribution in [3.8, 4) is 5.75 Å². The van der Waals surface area contributed by atoms with E-state index in [-0.39, 0.29) is 6.10 Å². The molecule has 1 aliphatic heterocycles. The number of aliphatic imine (C=N–C) groups is 1.